The van der Waals surface area contributed by atoms with E-state index in [1.807, 2.05) is 26.8 Å². The Kier molecular flexibility index (Phi) is 4.04. The van der Waals surface area contributed by atoms with Crippen LogP contribution in [-0.4, -0.2) is 23.9 Å². The summed E-state index contributed by atoms with van der Waals surface area (Å²) in [6.07, 6.45) is 1.13. The average molecular weight is 295 g/mol. The zero-order chi connectivity index (χ0) is 14.9. The minimum atomic E-state index is -0.816. The van der Waals surface area contributed by atoms with Crippen molar-refractivity contribution in [1.82, 2.24) is 5.32 Å². The number of anilines is 1. The molecule has 1 fully saturated rings. The monoisotopic (exact) mass is 294 g/mol. The van der Waals surface area contributed by atoms with E-state index in [1.165, 1.54) is 4.90 Å². The number of nitrogens with zero attached hydrogens (tertiary/aromatic N) is 1. The molecule has 1 saturated heterocycles. The Balaban J connectivity index is 2.45. The van der Waals surface area contributed by atoms with E-state index in [1.54, 1.807) is 12.1 Å². The predicted octanol–water partition coefficient (Wildman–Crippen LogP) is 2.67. The molecule has 108 valence electrons. The van der Waals surface area contributed by atoms with Crippen molar-refractivity contribution in [3.05, 3.63) is 28.8 Å². The first-order chi connectivity index (χ1) is 9.43. The molecule has 0 atom stereocenters. The molecule has 1 aliphatic heterocycles. The van der Waals surface area contributed by atoms with Crippen LogP contribution in [0.1, 0.15) is 32.3 Å². The summed E-state index contributed by atoms with van der Waals surface area (Å²) in [5, 5.41) is 3.33. The second kappa shape index (κ2) is 5.44. The summed E-state index contributed by atoms with van der Waals surface area (Å²) in [5.41, 5.74) is 0.803. The Bertz CT molecular complexity index is 553. The predicted molar refractivity (Wildman–Crippen MR) is 80.0 cm³/mol. The van der Waals surface area contributed by atoms with Gasteiger partial charge in [-0.1, -0.05) is 31.5 Å². The van der Waals surface area contributed by atoms with Crippen molar-refractivity contribution >= 4 is 29.1 Å². The zero-order valence-corrected chi connectivity index (χ0v) is 12.8. The van der Waals surface area contributed by atoms with Crippen molar-refractivity contribution in [1.29, 1.82) is 0 Å². The third kappa shape index (κ3) is 2.40. The fourth-order valence-corrected chi connectivity index (χ4v) is 2.93. The molecule has 4 nitrogen and oxygen atoms in total. The van der Waals surface area contributed by atoms with Crippen LogP contribution in [0.3, 0.4) is 0 Å². The molecule has 1 N–H and O–H groups in total. The van der Waals surface area contributed by atoms with E-state index in [2.05, 4.69) is 5.32 Å². The number of piperazine rings is 1. The zero-order valence-electron chi connectivity index (χ0n) is 12.0. The van der Waals surface area contributed by atoms with Gasteiger partial charge in [-0.15, -0.1) is 0 Å². The number of carbonyl (C=O) groups is 2. The average Bonchev–Trinajstić information content (AvgIpc) is 2.41. The van der Waals surface area contributed by atoms with Gasteiger partial charge < -0.3 is 5.32 Å². The summed E-state index contributed by atoms with van der Waals surface area (Å²) in [4.78, 5) is 26.2. The minimum absolute atomic E-state index is 0.0172. The van der Waals surface area contributed by atoms with Crippen LogP contribution in [-0.2, 0) is 9.59 Å². The molecule has 0 bridgehead atoms. The fourth-order valence-electron chi connectivity index (χ4n) is 2.59. The van der Waals surface area contributed by atoms with Crippen LogP contribution in [0.5, 0.6) is 0 Å². The summed E-state index contributed by atoms with van der Waals surface area (Å²) in [6, 6.07) is 5.49. The second-order valence-electron chi connectivity index (χ2n) is 5.18. The number of benzene rings is 1. The van der Waals surface area contributed by atoms with Gasteiger partial charge in [0.25, 0.3) is 5.91 Å². The van der Waals surface area contributed by atoms with E-state index >= 15 is 0 Å². The quantitative estimate of drug-likeness (QED) is 0.932. The van der Waals surface area contributed by atoms with Crippen molar-refractivity contribution in [3.63, 3.8) is 0 Å². The SMILES string of the molecule is CCC1(CC)NC(=O)CN(c2ccc(C)cc2Cl)C1=O. The van der Waals surface area contributed by atoms with Gasteiger partial charge in [0.15, 0.2) is 0 Å². The van der Waals surface area contributed by atoms with Crippen LogP contribution in [0, 0.1) is 6.92 Å². The highest BCUT2D eigenvalue weighted by atomic mass is 35.5. The smallest absolute Gasteiger partial charge is 0.253 e. The van der Waals surface area contributed by atoms with Crippen molar-refractivity contribution in [2.24, 2.45) is 0 Å². The summed E-state index contributed by atoms with van der Waals surface area (Å²) >= 11 is 6.23. The molecule has 0 radical (unpaired) electrons. The molecule has 0 unspecified atom stereocenters. The highest BCUT2D eigenvalue weighted by molar-refractivity contribution is 6.34. The maximum atomic E-state index is 12.7. The van der Waals surface area contributed by atoms with E-state index in [4.69, 9.17) is 11.6 Å². The second-order valence-corrected chi connectivity index (χ2v) is 5.59. The van der Waals surface area contributed by atoms with E-state index in [0.717, 1.165) is 5.56 Å². The van der Waals surface area contributed by atoms with Crippen LogP contribution in [0.2, 0.25) is 5.02 Å². The number of amides is 2. The third-order valence-electron chi connectivity index (χ3n) is 3.94. The maximum Gasteiger partial charge on any atom is 0.253 e. The van der Waals surface area contributed by atoms with Crippen LogP contribution in [0.4, 0.5) is 5.69 Å². The van der Waals surface area contributed by atoms with Gasteiger partial charge in [0.1, 0.15) is 12.1 Å². The molecule has 1 aromatic rings. The molecule has 1 heterocycles. The van der Waals surface area contributed by atoms with Gasteiger partial charge in [-0.2, -0.15) is 0 Å². The topological polar surface area (TPSA) is 49.4 Å². The van der Waals surface area contributed by atoms with E-state index in [-0.39, 0.29) is 18.4 Å². The molecule has 1 aromatic carbocycles. The lowest BCUT2D eigenvalue weighted by Gasteiger charge is -2.41. The molecule has 0 aliphatic carbocycles. The lowest BCUT2D eigenvalue weighted by molar-refractivity contribution is -0.136. The van der Waals surface area contributed by atoms with Crippen LogP contribution >= 0.6 is 11.6 Å². The normalized spacial score (nSPS) is 18.1. The Morgan fingerprint density at radius 2 is 1.95 bits per heavy atom. The first kappa shape index (κ1) is 14.9. The minimum Gasteiger partial charge on any atom is -0.340 e. The first-order valence-electron chi connectivity index (χ1n) is 6.82. The first-order valence-corrected chi connectivity index (χ1v) is 7.20. The fraction of sp³-hybridized carbons (Fsp3) is 0.467. The molecule has 2 rings (SSSR count). The molecule has 0 saturated carbocycles. The molecule has 20 heavy (non-hydrogen) atoms. The van der Waals surface area contributed by atoms with Crippen LogP contribution in [0.25, 0.3) is 0 Å². The van der Waals surface area contributed by atoms with Crippen LogP contribution in [0.15, 0.2) is 18.2 Å². The Hall–Kier alpha value is -1.55. The third-order valence-corrected chi connectivity index (χ3v) is 4.24. The molecular weight excluding hydrogens is 276 g/mol. The van der Waals surface area contributed by atoms with Gasteiger partial charge in [0, 0.05) is 0 Å². The Labute approximate surface area is 124 Å². The van der Waals surface area contributed by atoms with Gasteiger partial charge >= 0.3 is 0 Å². The number of aryl methyl sites for hydroxylation is 1. The van der Waals surface area contributed by atoms with Crippen molar-refractivity contribution < 1.29 is 9.59 Å². The molecule has 0 spiro atoms. The number of carbonyl (C=O) groups excluding carboxylic acids is 2. The summed E-state index contributed by atoms with van der Waals surface area (Å²) < 4.78 is 0. The maximum absolute atomic E-state index is 12.7. The number of nitrogens with one attached hydrogen (secondary N) is 1. The van der Waals surface area contributed by atoms with E-state index in [9.17, 15) is 9.59 Å². The van der Waals surface area contributed by atoms with E-state index < -0.39 is 5.54 Å². The Morgan fingerprint density at radius 3 is 2.50 bits per heavy atom. The molecular formula is C15H19ClN2O2. The molecule has 0 aromatic heterocycles. The van der Waals surface area contributed by atoms with Crippen LogP contribution < -0.4 is 10.2 Å². The summed E-state index contributed by atoms with van der Waals surface area (Å²) in [5.74, 6) is -0.238. The highest BCUT2D eigenvalue weighted by Crippen LogP contribution is 2.32. The molecule has 5 heteroatoms. The largest absolute Gasteiger partial charge is 0.340 e. The van der Waals surface area contributed by atoms with Gasteiger partial charge in [0.05, 0.1) is 10.7 Å². The number of hydrogen-bond donors (Lipinski definition) is 1. The van der Waals surface area contributed by atoms with Crippen molar-refractivity contribution in [2.75, 3.05) is 11.4 Å². The van der Waals surface area contributed by atoms with Crippen molar-refractivity contribution in [3.8, 4) is 0 Å². The standard InChI is InChI=1S/C15H19ClN2O2/c1-4-15(5-2)14(20)18(9-13(19)17-15)12-7-6-10(3)8-11(12)16/h6-8H,4-5,9H2,1-3H3,(H,17,19). The van der Waals surface area contributed by atoms with Gasteiger partial charge in [-0.25, -0.2) is 0 Å². The lowest BCUT2D eigenvalue weighted by atomic mass is 9.88. The van der Waals surface area contributed by atoms with Gasteiger partial charge in [-0.05, 0) is 37.5 Å². The van der Waals surface area contributed by atoms with Gasteiger partial charge in [-0.3, -0.25) is 14.5 Å². The molecule has 2 amide bonds. The summed E-state index contributed by atoms with van der Waals surface area (Å²) in [6.45, 7) is 5.76. The lowest BCUT2D eigenvalue weighted by Crippen LogP contribution is -2.66. The van der Waals surface area contributed by atoms with Crippen molar-refractivity contribution in [2.45, 2.75) is 39.2 Å². The molecule has 1 aliphatic rings. The Morgan fingerprint density at radius 1 is 1.30 bits per heavy atom. The summed E-state index contributed by atoms with van der Waals surface area (Å²) in [7, 11) is 0. The highest BCUT2D eigenvalue weighted by Gasteiger charge is 2.44. The van der Waals surface area contributed by atoms with E-state index in [0.29, 0.717) is 23.6 Å². The van der Waals surface area contributed by atoms with Gasteiger partial charge in [0.2, 0.25) is 5.91 Å². The number of halogens is 1. The number of hydrogen-bond acceptors (Lipinski definition) is 2. The number of rotatable bonds is 3.